The van der Waals surface area contributed by atoms with E-state index < -0.39 is 0 Å². The second-order valence-electron chi connectivity index (χ2n) is 6.96. The van der Waals surface area contributed by atoms with Crippen LogP contribution in [0.15, 0.2) is 39.8 Å². The third-order valence-corrected chi connectivity index (χ3v) is 4.89. The number of aliphatic imine (C=N–C) groups is 1. The highest BCUT2D eigenvalue weighted by Gasteiger charge is 2.21. The van der Waals surface area contributed by atoms with E-state index in [-0.39, 0.29) is 0 Å². The first-order chi connectivity index (χ1) is 13.7. The molecule has 3 rings (SSSR count). The highest BCUT2D eigenvalue weighted by atomic mass is 16.5. The number of guanidine groups is 1. The van der Waals surface area contributed by atoms with Gasteiger partial charge in [0.15, 0.2) is 11.7 Å². The number of hydrogen-bond donors (Lipinski definition) is 2. The van der Waals surface area contributed by atoms with Crippen molar-refractivity contribution in [1.82, 2.24) is 15.8 Å². The summed E-state index contributed by atoms with van der Waals surface area (Å²) in [5.74, 6) is 2.49. The molecule has 0 spiro atoms. The zero-order valence-corrected chi connectivity index (χ0v) is 17.1. The lowest BCUT2D eigenvalue weighted by atomic mass is 10.0. The molecule has 1 aliphatic heterocycles. The average Bonchev–Trinajstić information content (AvgIpc) is 3.20. The number of aromatic nitrogens is 1. The standard InChI is InChI=1S/C21H31N5O2/c1-4-16-12-20(28-25-16)14-23-21(22-5-2)24-17-8-7-11-26(15-17)18-9-6-10-19(13-18)27-3/h6,9-10,12-13,17H,4-5,7-8,11,14-15H2,1-3H3,(H2,22,23,24). The fourth-order valence-corrected chi connectivity index (χ4v) is 3.40. The van der Waals surface area contributed by atoms with Gasteiger partial charge < -0.3 is 24.8 Å². The van der Waals surface area contributed by atoms with Gasteiger partial charge in [0, 0.05) is 43.5 Å². The molecule has 2 N–H and O–H groups in total. The predicted molar refractivity (Wildman–Crippen MR) is 112 cm³/mol. The number of nitrogens with one attached hydrogen (secondary N) is 2. The van der Waals surface area contributed by atoms with Gasteiger partial charge in [-0.25, -0.2) is 4.99 Å². The van der Waals surface area contributed by atoms with E-state index in [9.17, 15) is 0 Å². The molecule has 1 unspecified atom stereocenters. The molecule has 1 aromatic heterocycles. The van der Waals surface area contributed by atoms with E-state index in [1.165, 1.54) is 5.69 Å². The van der Waals surface area contributed by atoms with Gasteiger partial charge in [-0.3, -0.25) is 0 Å². The Labute approximate surface area is 167 Å². The lowest BCUT2D eigenvalue weighted by molar-refractivity contribution is 0.379. The zero-order valence-electron chi connectivity index (χ0n) is 17.1. The molecule has 0 bridgehead atoms. The first-order valence-electron chi connectivity index (χ1n) is 10.1. The van der Waals surface area contributed by atoms with Gasteiger partial charge in [-0.2, -0.15) is 0 Å². The topological polar surface area (TPSA) is 74.9 Å². The molecule has 28 heavy (non-hydrogen) atoms. The summed E-state index contributed by atoms with van der Waals surface area (Å²) in [5, 5.41) is 10.9. The van der Waals surface area contributed by atoms with Crippen molar-refractivity contribution in [2.24, 2.45) is 4.99 Å². The van der Waals surface area contributed by atoms with Gasteiger partial charge >= 0.3 is 0 Å². The maximum atomic E-state index is 5.37. The Morgan fingerprint density at radius 1 is 1.36 bits per heavy atom. The Morgan fingerprint density at radius 3 is 3.00 bits per heavy atom. The normalized spacial score (nSPS) is 17.5. The van der Waals surface area contributed by atoms with Gasteiger partial charge in [-0.1, -0.05) is 18.1 Å². The van der Waals surface area contributed by atoms with Gasteiger partial charge in [-0.15, -0.1) is 0 Å². The molecule has 2 aromatic rings. The van der Waals surface area contributed by atoms with Crippen LogP contribution in [0.3, 0.4) is 0 Å². The van der Waals surface area contributed by atoms with E-state index in [0.717, 1.165) is 62.1 Å². The summed E-state index contributed by atoms with van der Waals surface area (Å²) >= 11 is 0. The second kappa shape index (κ2) is 10.0. The molecule has 152 valence electrons. The smallest absolute Gasteiger partial charge is 0.191 e. The van der Waals surface area contributed by atoms with Crippen molar-refractivity contribution >= 4 is 11.6 Å². The molecule has 1 saturated heterocycles. The number of nitrogens with zero attached hydrogens (tertiary/aromatic N) is 3. The van der Waals surface area contributed by atoms with Gasteiger partial charge in [0.05, 0.1) is 12.8 Å². The van der Waals surface area contributed by atoms with Gasteiger partial charge in [0.1, 0.15) is 12.3 Å². The molecule has 0 amide bonds. The van der Waals surface area contributed by atoms with Gasteiger partial charge in [0.2, 0.25) is 0 Å². The molecule has 1 atom stereocenters. The van der Waals surface area contributed by atoms with Crippen molar-refractivity contribution in [3.8, 4) is 5.75 Å². The number of anilines is 1. The lowest BCUT2D eigenvalue weighted by Gasteiger charge is -2.35. The molecule has 0 aliphatic carbocycles. The summed E-state index contributed by atoms with van der Waals surface area (Å²) in [7, 11) is 1.71. The number of rotatable bonds is 7. The van der Waals surface area contributed by atoms with Crippen LogP contribution in [0, 0.1) is 0 Å². The number of ether oxygens (including phenoxy) is 1. The van der Waals surface area contributed by atoms with Gasteiger partial charge in [-0.05, 0) is 38.3 Å². The first-order valence-corrected chi connectivity index (χ1v) is 10.1. The van der Waals surface area contributed by atoms with E-state index in [1.807, 2.05) is 18.2 Å². The highest BCUT2D eigenvalue weighted by molar-refractivity contribution is 5.80. The number of methoxy groups -OCH3 is 1. The quantitative estimate of drug-likeness (QED) is 0.564. The van der Waals surface area contributed by atoms with Crippen LogP contribution in [0.1, 0.15) is 38.1 Å². The third kappa shape index (κ3) is 5.41. The van der Waals surface area contributed by atoms with E-state index in [2.05, 4.69) is 51.7 Å². The Balaban J connectivity index is 1.62. The van der Waals surface area contributed by atoms with Crippen molar-refractivity contribution in [2.75, 3.05) is 31.6 Å². The molecule has 2 heterocycles. The van der Waals surface area contributed by atoms with Crippen molar-refractivity contribution in [2.45, 2.75) is 45.7 Å². The number of benzene rings is 1. The largest absolute Gasteiger partial charge is 0.497 e. The van der Waals surface area contributed by atoms with Crippen LogP contribution in [-0.4, -0.2) is 43.9 Å². The van der Waals surface area contributed by atoms with E-state index in [1.54, 1.807) is 7.11 Å². The molecule has 7 nitrogen and oxygen atoms in total. The molecule has 1 aliphatic rings. The summed E-state index contributed by atoms with van der Waals surface area (Å²) in [4.78, 5) is 7.07. The molecule has 0 saturated carbocycles. The Kier molecular flexibility index (Phi) is 7.17. The van der Waals surface area contributed by atoms with Crippen molar-refractivity contribution in [3.63, 3.8) is 0 Å². The molecule has 1 aromatic carbocycles. The van der Waals surface area contributed by atoms with Crippen molar-refractivity contribution in [1.29, 1.82) is 0 Å². The van der Waals surface area contributed by atoms with Crippen molar-refractivity contribution in [3.05, 3.63) is 41.8 Å². The predicted octanol–water partition coefficient (Wildman–Crippen LogP) is 2.97. The summed E-state index contributed by atoms with van der Waals surface area (Å²) < 4.78 is 10.7. The van der Waals surface area contributed by atoms with Crippen LogP contribution in [0.2, 0.25) is 0 Å². The van der Waals surface area contributed by atoms with Crippen molar-refractivity contribution < 1.29 is 9.26 Å². The maximum Gasteiger partial charge on any atom is 0.191 e. The third-order valence-electron chi connectivity index (χ3n) is 4.89. The summed E-state index contributed by atoms with van der Waals surface area (Å²) in [6.45, 7) is 7.41. The SMILES string of the molecule is CCNC(=NCc1cc(CC)no1)NC1CCCN(c2cccc(OC)c2)C1. The van der Waals surface area contributed by atoms with Crippen LogP contribution in [0.5, 0.6) is 5.75 Å². The van der Waals surface area contributed by atoms with E-state index >= 15 is 0 Å². The van der Waals surface area contributed by atoms with Crippen LogP contribution >= 0.6 is 0 Å². The summed E-state index contributed by atoms with van der Waals surface area (Å²) in [5.41, 5.74) is 2.16. The lowest BCUT2D eigenvalue weighted by Crippen LogP contribution is -2.51. The van der Waals surface area contributed by atoms with Crippen LogP contribution < -0.4 is 20.3 Å². The Morgan fingerprint density at radius 2 is 2.25 bits per heavy atom. The zero-order chi connectivity index (χ0) is 19.8. The van der Waals surface area contributed by atoms with Gasteiger partial charge in [0.25, 0.3) is 0 Å². The fourth-order valence-electron chi connectivity index (χ4n) is 3.40. The Bertz CT molecular complexity index is 774. The van der Waals surface area contributed by atoms with Crippen LogP contribution in [-0.2, 0) is 13.0 Å². The number of hydrogen-bond acceptors (Lipinski definition) is 5. The Hall–Kier alpha value is -2.70. The van der Waals surface area contributed by atoms with E-state index in [4.69, 9.17) is 9.26 Å². The van der Waals surface area contributed by atoms with Crippen LogP contribution in [0.25, 0.3) is 0 Å². The molecule has 1 fully saturated rings. The second-order valence-corrected chi connectivity index (χ2v) is 6.96. The minimum atomic E-state index is 0.332. The van der Waals surface area contributed by atoms with E-state index in [0.29, 0.717) is 12.6 Å². The monoisotopic (exact) mass is 385 g/mol. The fraction of sp³-hybridized carbons (Fsp3) is 0.524. The molecular formula is C21H31N5O2. The first kappa shape index (κ1) is 20.0. The molecule has 7 heteroatoms. The minimum Gasteiger partial charge on any atom is -0.497 e. The maximum absolute atomic E-state index is 5.37. The summed E-state index contributed by atoms with van der Waals surface area (Å²) in [6, 6.07) is 10.6. The average molecular weight is 386 g/mol. The van der Waals surface area contributed by atoms with Crippen LogP contribution in [0.4, 0.5) is 5.69 Å². The summed E-state index contributed by atoms with van der Waals surface area (Å²) in [6.07, 6.45) is 3.12. The molecule has 0 radical (unpaired) electrons. The minimum absolute atomic E-state index is 0.332. The number of piperidine rings is 1. The molecular weight excluding hydrogens is 354 g/mol. The highest BCUT2D eigenvalue weighted by Crippen LogP contribution is 2.24. The number of aryl methyl sites for hydroxylation is 1.